The monoisotopic (exact) mass is 235 g/mol. The Morgan fingerprint density at radius 3 is 2.25 bits per heavy atom. The van der Waals surface area contributed by atoms with E-state index >= 15 is 0 Å². The van der Waals surface area contributed by atoms with Gasteiger partial charge < -0.3 is 9.64 Å². The molecule has 1 fully saturated rings. The van der Waals surface area contributed by atoms with Crippen molar-refractivity contribution in [3.8, 4) is 0 Å². The summed E-state index contributed by atoms with van der Waals surface area (Å²) >= 11 is 0. The van der Waals surface area contributed by atoms with E-state index in [0.717, 1.165) is 0 Å². The average molecular weight is 235 g/mol. The summed E-state index contributed by atoms with van der Waals surface area (Å²) in [5.74, 6) is 0. The fraction of sp³-hybridized carbons (Fsp3) is 0.909. The minimum Gasteiger partial charge on any atom is -0.453 e. The normalized spacial score (nSPS) is 19.6. The van der Waals surface area contributed by atoms with E-state index in [9.17, 15) is 13.6 Å². The first-order valence-corrected chi connectivity index (χ1v) is 5.31. The van der Waals surface area contributed by atoms with E-state index < -0.39 is 17.9 Å². The Balaban J connectivity index is 2.64. The second kappa shape index (κ2) is 4.18. The molecular formula is C11H19F2NO2. The predicted octanol–water partition coefficient (Wildman–Crippen LogP) is 2.76. The van der Waals surface area contributed by atoms with Crippen molar-refractivity contribution in [1.82, 2.24) is 4.90 Å². The van der Waals surface area contributed by atoms with Gasteiger partial charge in [-0.05, 0) is 11.8 Å². The first kappa shape index (κ1) is 13.2. The zero-order valence-electron chi connectivity index (χ0n) is 10.2. The van der Waals surface area contributed by atoms with Crippen LogP contribution in [-0.2, 0) is 4.74 Å². The molecule has 1 aliphatic rings. The molecule has 0 aromatic heterocycles. The largest absolute Gasteiger partial charge is 0.453 e. The molecule has 0 saturated carbocycles. The van der Waals surface area contributed by atoms with Crippen LogP contribution in [0.2, 0.25) is 0 Å². The molecule has 0 unspecified atom stereocenters. The Labute approximate surface area is 94.7 Å². The number of carbonyl (C=O) groups excluding carboxylic acids is 1. The minimum atomic E-state index is -2.40. The number of hydrogen-bond donors (Lipinski definition) is 0. The zero-order chi connectivity index (χ0) is 12.6. The van der Waals surface area contributed by atoms with E-state index in [1.807, 2.05) is 20.8 Å². The van der Waals surface area contributed by atoms with Gasteiger partial charge in [0.1, 0.15) is 0 Å². The summed E-state index contributed by atoms with van der Waals surface area (Å²) in [6.07, 6.45) is -2.51. The van der Waals surface area contributed by atoms with E-state index in [1.165, 1.54) is 12.0 Å². The lowest BCUT2D eigenvalue weighted by Gasteiger charge is -2.51. The van der Waals surface area contributed by atoms with E-state index in [2.05, 4.69) is 4.74 Å². The highest BCUT2D eigenvalue weighted by Crippen LogP contribution is 2.45. The topological polar surface area (TPSA) is 29.5 Å². The van der Waals surface area contributed by atoms with Crippen molar-refractivity contribution in [2.24, 2.45) is 10.8 Å². The molecule has 1 rings (SSSR count). The summed E-state index contributed by atoms with van der Waals surface area (Å²) in [7, 11) is 1.26. The van der Waals surface area contributed by atoms with Crippen molar-refractivity contribution in [3.63, 3.8) is 0 Å². The number of rotatable bonds is 2. The number of ether oxygens (including phenoxy) is 1. The maximum Gasteiger partial charge on any atom is 0.409 e. The van der Waals surface area contributed by atoms with E-state index in [-0.39, 0.29) is 18.5 Å². The Morgan fingerprint density at radius 1 is 1.44 bits per heavy atom. The second-order valence-electron chi connectivity index (χ2n) is 5.73. The fourth-order valence-electron chi connectivity index (χ4n) is 2.36. The second-order valence-corrected chi connectivity index (χ2v) is 5.73. The van der Waals surface area contributed by atoms with Crippen LogP contribution in [0.1, 0.15) is 27.2 Å². The summed E-state index contributed by atoms with van der Waals surface area (Å²) in [6, 6.07) is 0. The molecule has 0 atom stereocenters. The van der Waals surface area contributed by atoms with Gasteiger partial charge >= 0.3 is 6.09 Å². The third kappa shape index (κ3) is 2.62. The maximum absolute atomic E-state index is 13.0. The molecule has 1 aliphatic heterocycles. The first-order valence-electron chi connectivity index (χ1n) is 5.31. The molecule has 5 heteroatoms. The van der Waals surface area contributed by atoms with Gasteiger partial charge in [-0.3, -0.25) is 0 Å². The molecule has 0 spiro atoms. The third-order valence-electron chi connectivity index (χ3n) is 2.79. The van der Waals surface area contributed by atoms with Gasteiger partial charge in [0.15, 0.2) is 0 Å². The van der Waals surface area contributed by atoms with Gasteiger partial charge in [0.05, 0.1) is 12.5 Å². The zero-order valence-corrected chi connectivity index (χ0v) is 10.2. The van der Waals surface area contributed by atoms with Gasteiger partial charge in [0.25, 0.3) is 0 Å². The standard InChI is InChI=1S/C11H19F2NO2/c1-10(2,3)5-11(8(12)13)6-14(7-11)9(15)16-4/h8H,5-7H2,1-4H3. The lowest BCUT2D eigenvalue weighted by Crippen LogP contribution is -2.62. The molecular weight excluding hydrogens is 216 g/mol. The van der Waals surface area contributed by atoms with Crippen molar-refractivity contribution in [2.75, 3.05) is 20.2 Å². The van der Waals surface area contributed by atoms with Crippen LogP contribution in [0.3, 0.4) is 0 Å². The smallest absolute Gasteiger partial charge is 0.409 e. The molecule has 0 aromatic carbocycles. The van der Waals surface area contributed by atoms with Gasteiger partial charge in [-0.15, -0.1) is 0 Å². The van der Waals surface area contributed by atoms with Crippen LogP contribution in [0.5, 0.6) is 0 Å². The van der Waals surface area contributed by atoms with Crippen molar-refractivity contribution < 1.29 is 18.3 Å². The van der Waals surface area contributed by atoms with E-state index in [1.54, 1.807) is 0 Å². The number of methoxy groups -OCH3 is 1. The summed E-state index contributed by atoms with van der Waals surface area (Å²) < 4.78 is 30.6. The Kier molecular flexibility index (Phi) is 3.45. The van der Waals surface area contributed by atoms with Gasteiger partial charge in [-0.1, -0.05) is 20.8 Å². The number of nitrogens with zero attached hydrogens (tertiary/aromatic N) is 1. The molecule has 0 bridgehead atoms. The lowest BCUT2D eigenvalue weighted by atomic mass is 9.69. The summed E-state index contributed by atoms with van der Waals surface area (Å²) in [6.45, 7) is 5.97. The minimum absolute atomic E-state index is 0.0919. The number of halogens is 2. The fourth-order valence-corrected chi connectivity index (χ4v) is 2.36. The molecule has 1 heterocycles. The molecule has 1 saturated heterocycles. The highest BCUT2D eigenvalue weighted by Gasteiger charge is 2.53. The van der Waals surface area contributed by atoms with Crippen LogP contribution in [-0.4, -0.2) is 37.6 Å². The molecule has 0 radical (unpaired) electrons. The number of likely N-dealkylation sites (tertiary alicyclic amines) is 1. The van der Waals surface area contributed by atoms with Crippen LogP contribution in [0.15, 0.2) is 0 Å². The van der Waals surface area contributed by atoms with Crippen LogP contribution < -0.4 is 0 Å². The highest BCUT2D eigenvalue weighted by molar-refractivity contribution is 5.68. The molecule has 16 heavy (non-hydrogen) atoms. The predicted molar refractivity (Wildman–Crippen MR) is 56.5 cm³/mol. The number of amides is 1. The maximum atomic E-state index is 13.0. The van der Waals surface area contributed by atoms with Crippen molar-refractivity contribution >= 4 is 6.09 Å². The Morgan fingerprint density at radius 2 is 1.94 bits per heavy atom. The summed E-state index contributed by atoms with van der Waals surface area (Å²) in [5.41, 5.74) is -1.22. The average Bonchev–Trinajstić information content (AvgIpc) is 2.07. The first-order chi connectivity index (χ1) is 7.20. The third-order valence-corrected chi connectivity index (χ3v) is 2.79. The Hall–Kier alpha value is -0.870. The highest BCUT2D eigenvalue weighted by atomic mass is 19.3. The summed E-state index contributed by atoms with van der Waals surface area (Å²) in [4.78, 5) is 12.4. The number of carbonyl (C=O) groups is 1. The van der Waals surface area contributed by atoms with Gasteiger partial charge in [-0.25, -0.2) is 13.6 Å². The van der Waals surface area contributed by atoms with Crippen LogP contribution in [0.25, 0.3) is 0 Å². The quantitative estimate of drug-likeness (QED) is 0.736. The number of alkyl halides is 2. The van der Waals surface area contributed by atoms with E-state index in [4.69, 9.17) is 0 Å². The molecule has 0 N–H and O–H groups in total. The van der Waals surface area contributed by atoms with Crippen molar-refractivity contribution in [1.29, 1.82) is 0 Å². The SMILES string of the molecule is COC(=O)N1CC(CC(C)(C)C)(C(F)F)C1. The Bertz CT molecular complexity index is 268. The molecule has 3 nitrogen and oxygen atoms in total. The van der Waals surface area contributed by atoms with Crippen LogP contribution >= 0.6 is 0 Å². The van der Waals surface area contributed by atoms with Gasteiger partial charge in [-0.2, -0.15) is 0 Å². The van der Waals surface area contributed by atoms with Gasteiger partial charge in [0, 0.05) is 13.1 Å². The van der Waals surface area contributed by atoms with Gasteiger partial charge in [0.2, 0.25) is 6.43 Å². The number of hydrogen-bond acceptors (Lipinski definition) is 2. The van der Waals surface area contributed by atoms with Crippen molar-refractivity contribution in [2.45, 2.75) is 33.6 Å². The van der Waals surface area contributed by atoms with E-state index in [0.29, 0.717) is 6.42 Å². The summed E-state index contributed by atoms with van der Waals surface area (Å²) in [5, 5.41) is 0. The molecule has 1 amide bonds. The van der Waals surface area contributed by atoms with Crippen molar-refractivity contribution in [3.05, 3.63) is 0 Å². The van der Waals surface area contributed by atoms with Crippen LogP contribution in [0, 0.1) is 10.8 Å². The molecule has 0 aliphatic carbocycles. The molecule has 94 valence electrons. The molecule has 0 aromatic rings. The van der Waals surface area contributed by atoms with Crippen LogP contribution in [0.4, 0.5) is 13.6 Å². The lowest BCUT2D eigenvalue weighted by molar-refractivity contribution is -0.120.